The Bertz CT molecular complexity index is 1420. The summed E-state index contributed by atoms with van der Waals surface area (Å²) in [5, 5.41) is 13.5. The molecule has 0 saturated carbocycles. The van der Waals surface area contributed by atoms with Crippen molar-refractivity contribution in [2.45, 2.75) is 13.0 Å². The summed E-state index contributed by atoms with van der Waals surface area (Å²) in [6.45, 7) is 1.94. The van der Waals surface area contributed by atoms with Crippen LogP contribution in [0.5, 0.6) is 11.5 Å². The molecule has 0 aliphatic carbocycles. The van der Waals surface area contributed by atoms with Crippen molar-refractivity contribution in [1.29, 1.82) is 0 Å². The molecule has 5 rings (SSSR count). The van der Waals surface area contributed by atoms with Gasteiger partial charge in [-0.25, -0.2) is 14.8 Å². The topological polar surface area (TPSA) is 105 Å². The van der Waals surface area contributed by atoms with Crippen LogP contribution in [0.3, 0.4) is 0 Å². The highest BCUT2D eigenvalue weighted by molar-refractivity contribution is 5.91. The molecule has 8 heteroatoms. The zero-order chi connectivity index (χ0) is 23.3. The normalized spacial score (nSPS) is 11.7. The lowest BCUT2D eigenvalue weighted by Gasteiger charge is -2.15. The van der Waals surface area contributed by atoms with Crippen molar-refractivity contribution in [3.8, 4) is 22.8 Å². The van der Waals surface area contributed by atoms with Crippen molar-refractivity contribution in [3.63, 3.8) is 0 Å². The number of ether oxygens (including phenoxy) is 1. The van der Waals surface area contributed by atoms with E-state index in [0.717, 1.165) is 22.2 Å². The van der Waals surface area contributed by atoms with Crippen LogP contribution in [0, 0.1) is 0 Å². The molecule has 1 atom stereocenters. The number of benzene rings is 3. The first-order chi connectivity index (χ1) is 16.7. The van der Waals surface area contributed by atoms with Crippen LogP contribution in [-0.2, 0) is 0 Å². The maximum atomic E-state index is 12.4. The maximum Gasteiger partial charge on any atom is 0.319 e. The van der Waals surface area contributed by atoms with Gasteiger partial charge in [0.15, 0.2) is 5.65 Å². The number of hydrogen-bond acceptors (Lipinski definition) is 5. The average Bonchev–Trinajstić information content (AvgIpc) is 3.35. The summed E-state index contributed by atoms with van der Waals surface area (Å²) in [7, 11) is 0. The Balaban J connectivity index is 1.28. The van der Waals surface area contributed by atoms with Crippen molar-refractivity contribution in [1.82, 2.24) is 25.5 Å². The van der Waals surface area contributed by atoms with Gasteiger partial charge in [-0.15, -0.1) is 0 Å². The number of nitrogens with zero attached hydrogens (tertiary/aromatic N) is 3. The fourth-order valence-electron chi connectivity index (χ4n) is 3.65. The number of amides is 2. The molecule has 3 N–H and O–H groups in total. The average molecular weight is 451 g/mol. The lowest BCUT2D eigenvalue weighted by molar-refractivity contribution is 0.249. The van der Waals surface area contributed by atoms with Gasteiger partial charge in [0.1, 0.15) is 17.8 Å². The molecule has 0 radical (unpaired) electrons. The van der Waals surface area contributed by atoms with Gasteiger partial charge in [-0.2, -0.15) is 5.10 Å². The third kappa shape index (κ3) is 4.56. The third-order valence-corrected chi connectivity index (χ3v) is 5.38. The minimum absolute atomic E-state index is 0.108. The van der Waals surface area contributed by atoms with Gasteiger partial charge in [0.25, 0.3) is 0 Å². The number of H-pyrrole nitrogens is 1. The Morgan fingerprint density at radius 2 is 1.71 bits per heavy atom. The van der Waals surface area contributed by atoms with E-state index in [4.69, 9.17) is 4.74 Å². The van der Waals surface area contributed by atoms with Crippen LogP contribution in [0.15, 0.2) is 91.4 Å². The Labute approximate surface area is 196 Å². The number of carbonyl (C=O) groups excluding carboxylic acids is 1. The molecule has 2 amide bonds. The number of nitrogens with one attached hydrogen (secondary N) is 3. The van der Waals surface area contributed by atoms with Crippen LogP contribution in [-0.4, -0.2) is 26.2 Å². The van der Waals surface area contributed by atoms with Gasteiger partial charge in [0.2, 0.25) is 0 Å². The number of fused-ring (bicyclic) bond motifs is 1. The summed E-state index contributed by atoms with van der Waals surface area (Å²) < 4.78 is 6.15. The van der Waals surface area contributed by atoms with Crippen molar-refractivity contribution < 1.29 is 9.53 Å². The maximum absolute atomic E-state index is 12.4. The van der Waals surface area contributed by atoms with E-state index in [9.17, 15) is 4.79 Å². The Kier molecular flexibility index (Phi) is 5.85. The Morgan fingerprint density at radius 3 is 2.53 bits per heavy atom. The van der Waals surface area contributed by atoms with Gasteiger partial charge in [-0.1, -0.05) is 42.5 Å². The van der Waals surface area contributed by atoms with E-state index < -0.39 is 0 Å². The smallest absolute Gasteiger partial charge is 0.319 e. The van der Waals surface area contributed by atoms with Crippen molar-refractivity contribution >= 4 is 22.8 Å². The molecule has 8 nitrogen and oxygen atoms in total. The first-order valence-electron chi connectivity index (χ1n) is 10.8. The number of aromatic nitrogens is 4. The van der Waals surface area contributed by atoms with Crippen molar-refractivity contribution in [2.24, 2.45) is 0 Å². The second kappa shape index (κ2) is 9.41. The number of rotatable bonds is 6. The molecule has 0 spiro atoms. The highest BCUT2D eigenvalue weighted by atomic mass is 16.5. The van der Waals surface area contributed by atoms with E-state index >= 15 is 0 Å². The largest absolute Gasteiger partial charge is 0.457 e. The summed E-state index contributed by atoms with van der Waals surface area (Å²) in [4.78, 5) is 21.0. The standard InChI is InChI=1S/C26H22N6O2/c1-17(18-7-3-2-4-8-18)30-26(33)31-19-11-13-20(14-12-19)34-23-10-6-5-9-21(23)24-22-15-29-32-25(22)28-16-27-24/h2-17H,1H3,(H2,30,31,33)(H,27,28,29,32)/t17-/m0/s1. The fourth-order valence-corrected chi connectivity index (χ4v) is 3.65. The first kappa shape index (κ1) is 21.1. The number of aromatic amines is 1. The molecule has 5 aromatic rings. The summed E-state index contributed by atoms with van der Waals surface area (Å²) in [6, 6.07) is 24.3. The quantitative estimate of drug-likeness (QED) is 0.308. The van der Waals surface area contributed by atoms with Crippen LogP contribution in [0.1, 0.15) is 18.5 Å². The van der Waals surface area contributed by atoms with Gasteiger partial charge in [-0.05, 0) is 48.9 Å². The highest BCUT2D eigenvalue weighted by Gasteiger charge is 2.14. The van der Waals surface area contributed by atoms with Gasteiger partial charge in [-0.3, -0.25) is 5.10 Å². The molecule has 34 heavy (non-hydrogen) atoms. The van der Waals surface area contributed by atoms with Crippen LogP contribution >= 0.6 is 0 Å². The summed E-state index contributed by atoms with van der Waals surface area (Å²) in [5.74, 6) is 1.28. The minimum atomic E-state index is -0.275. The monoisotopic (exact) mass is 450 g/mol. The van der Waals surface area contributed by atoms with Gasteiger partial charge in [0.05, 0.1) is 23.3 Å². The molecule has 0 bridgehead atoms. The summed E-state index contributed by atoms with van der Waals surface area (Å²) >= 11 is 0. The van der Waals surface area contributed by atoms with Gasteiger partial charge in [0, 0.05) is 11.3 Å². The van der Waals surface area contributed by atoms with E-state index in [1.165, 1.54) is 6.33 Å². The second-order valence-corrected chi connectivity index (χ2v) is 7.71. The molecule has 0 unspecified atom stereocenters. The zero-order valence-electron chi connectivity index (χ0n) is 18.4. The molecular weight excluding hydrogens is 428 g/mol. The summed E-state index contributed by atoms with van der Waals surface area (Å²) in [6.07, 6.45) is 3.20. The van der Waals surface area contributed by atoms with E-state index in [0.29, 0.717) is 22.8 Å². The highest BCUT2D eigenvalue weighted by Crippen LogP contribution is 2.35. The van der Waals surface area contributed by atoms with E-state index in [1.54, 1.807) is 30.5 Å². The molecule has 2 aromatic heterocycles. The molecule has 0 aliphatic rings. The minimum Gasteiger partial charge on any atom is -0.457 e. The van der Waals surface area contributed by atoms with Crippen LogP contribution in [0.4, 0.5) is 10.5 Å². The molecular formula is C26H22N6O2. The fraction of sp³-hybridized carbons (Fsp3) is 0.0769. The molecule has 168 valence electrons. The van der Waals surface area contributed by atoms with E-state index in [-0.39, 0.29) is 12.1 Å². The lowest BCUT2D eigenvalue weighted by Crippen LogP contribution is -2.31. The Morgan fingerprint density at radius 1 is 0.941 bits per heavy atom. The zero-order valence-corrected chi connectivity index (χ0v) is 18.4. The van der Waals surface area contributed by atoms with Crippen LogP contribution < -0.4 is 15.4 Å². The van der Waals surface area contributed by atoms with Gasteiger partial charge >= 0.3 is 6.03 Å². The Hall–Kier alpha value is -4.72. The molecule has 3 aromatic carbocycles. The number of urea groups is 1. The number of anilines is 1. The van der Waals surface area contributed by atoms with E-state index in [1.807, 2.05) is 61.5 Å². The number of carbonyl (C=O) groups is 1. The van der Waals surface area contributed by atoms with Crippen molar-refractivity contribution in [3.05, 3.63) is 97.0 Å². The van der Waals surface area contributed by atoms with Gasteiger partial charge < -0.3 is 15.4 Å². The molecule has 0 saturated heterocycles. The lowest BCUT2D eigenvalue weighted by atomic mass is 10.1. The molecule has 0 aliphatic heterocycles. The number of para-hydroxylation sites is 1. The van der Waals surface area contributed by atoms with E-state index in [2.05, 4.69) is 30.8 Å². The summed E-state index contributed by atoms with van der Waals surface area (Å²) in [5.41, 5.74) is 3.92. The molecule has 0 fully saturated rings. The first-order valence-corrected chi connectivity index (χ1v) is 10.8. The van der Waals surface area contributed by atoms with Crippen LogP contribution in [0.2, 0.25) is 0 Å². The SMILES string of the molecule is C[C@H](NC(=O)Nc1ccc(Oc2ccccc2-c2ncnc3[nH]ncc23)cc1)c1ccccc1. The van der Waals surface area contributed by atoms with Crippen molar-refractivity contribution in [2.75, 3.05) is 5.32 Å². The number of hydrogen-bond donors (Lipinski definition) is 3. The predicted molar refractivity (Wildman–Crippen MR) is 131 cm³/mol. The second-order valence-electron chi connectivity index (χ2n) is 7.71. The predicted octanol–water partition coefficient (Wildman–Crippen LogP) is 5.69. The molecule has 2 heterocycles. The van der Waals surface area contributed by atoms with Crippen LogP contribution in [0.25, 0.3) is 22.3 Å². The third-order valence-electron chi connectivity index (χ3n) is 5.38.